The molecule has 1 rings (SSSR count). The Hall–Kier alpha value is -1.95. The van der Waals surface area contributed by atoms with Crippen molar-refractivity contribution < 1.29 is 14.3 Å². The molecule has 1 aromatic rings. The highest BCUT2D eigenvalue weighted by Crippen LogP contribution is 2.09. The van der Waals surface area contributed by atoms with E-state index in [0.29, 0.717) is 18.7 Å². The van der Waals surface area contributed by atoms with Gasteiger partial charge in [-0.1, -0.05) is 20.8 Å². The standard InChI is InChI=1S/C17H27N3O3/c1-5-19(6-2)11-12-20(13-14(3)17(22)23-4)16(21)15-7-9-18-10-8-15/h7-10,14H,5-6,11-13H2,1-4H3. The van der Waals surface area contributed by atoms with Crippen molar-refractivity contribution in [3.63, 3.8) is 0 Å². The molecule has 0 aliphatic rings. The van der Waals surface area contributed by atoms with Crippen LogP contribution in [0.5, 0.6) is 0 Å². The fourth-order valence-corrected chi connectivity index (χ4v) is 2.36. The molecule has 0 fully saturated rings. The first-order valence-electron chi connectivity index (χ1n) is 8.02. The summed E-state index contributed by atoms with van der Waals surface area (Å²) in [6, 6.07) is 3.38. The van der Waals surface area contributed by atoms with Crippen LogP contribution >= 0.6 is 0 Å². The van der Waals surface area contributed by atoms with E-state index in [2.05, 4.69) is 23.7 Å². The number of carbonyl (C=O) groups excluding carboxylic acids is 2. The van der Waals surface area contributed by atoms with Crippen molar-refractivity contribution in [2.45, 2.75) is 20.8 Å². The van der Waals surface area contributed by atoms with Crippen LogP contribution in [-0.4, -0.2) is 66.5 Å². The lowest BCUT2D eigenvalue weighted by atomic mass is 10.1. The number of esters is 1. The van der Waals surface area contributed by atoms with Gasteiger partial charge in [-0.15, -0.1) is 0 Å². The number of aromatic nitrogens is 1. The highest BCUT2D eigenvalue weighted by molar-refractivity contribution is 5.94. The van der Waals surface area contributed by atoms with Gasteiger partial charge in [0.25, 0.3) is 5.91 Å². The number of rotatable bonds is 9. The zero-order chi connectivity index (χ0) is 17.2. The van der Waals surface area contributed by atoms with Crippen molar-refractivity contribution in [3.8, 4) is 0 Å². The largest absolute Gasteiger partial charge is 0.469 e. The lowest BCUT2D eigenvalue weighted by Crippen LogP contribution is -2.42. The third-order valence-electron chi connectivity index (χ3n) is 3.89. The van der Waals surface area contributed by atoms with Crippen molar-refractivity contribution in [2.24, 2.45) is 5.92 Å². The normalized spacial score (nSPS) is 12.0. The summed E-state index contributed by atoms with van der Waals surface area (Å²) in [5.74, 6) is -0.752. The second kappa shape index (κ2) is 9.94. The number of nitrogens with zero attached hydrogens (tertiary/aromatic N) is 3. The van der Waals surface area contributed by atoms with Crippen LogP contribution in [0.3, 0.4) is 0 Å². The van der Waals surface area contributed by atoms with Gasteiger partial charge in [0.15, 0.2) is 0 Å². The van der Waals surface area contributed by atoms with Crippen molar-refractivity contribution in [1.29, 1.82) is 0 Å². The summed E-state index contributed by atoms with van der Waals surface area (Å²) in [4.78, 5) is 32.3. The van der Waals surface area contributed by atoms with Gasteiger partial charge in [0, 0.05) is 37.6 Å². The van der Waals surface area contributed by atoms with Gasteiger partial charge in [0.05, 0.1) is 13.0 Å². The molecule has 1 heterocycles. The van der Waals surface area contributed by atoms with Crippen LogP contribution in [-0.2, 0) is 9.53 Å². The Balaban J connectivity index is 2.82. The van der Waals surface area contributed by atoms with Crippen LogP contribution in [0.25, 0.3) is 0 Å². The Bertz CT molecular complexity index is 489. The number of pyridine rings is 1. The molecule has 6 heteroatoms. The maximum atomic E-state index is 12.7. The second-order valence-corrected chi connectivity index (χ2v) is 5.44. The van der Waals surface area contributed by atoms with E-state index in [9.17, 15) is 9.59 Å². The molecule has 0 saturated carbocycles. The average molecular weight is 321 g/mol. The van der Waals surface area contributed by atoms with Crippen LogP contribution < -0.4 is 0 Å². The smallest absolute Gasteiger partial charge is 0.310 e. The van der Waals surface area contributed by atoms with Gasteiger partial charge in [-0.05, 0) is 25.2 Å². The molecule has 6 nitrogen and oxygen atoms in total. The zero-order valence-corrected chi connectivity index (χ0v) is 14.5. The molecule has 0 spiro atoms. The van der Waals surface area contributed by atoms with Crippen LogP contribution in [0.2, 0.25) is 0 Å². The van der Waals surface area contributed by atoms with E-state index >= 15 is 0 Å². The number of methoxy groups -OCH3 is 1. The fraction of sp³-hybridized carbons (Fsp3) is 0.588. The maximum absolute atomic E-state index is 12.7. The van der Waals surface area contributed by atoms with E-state index in [1.54, 1.807) is 36.4 Å². The summed E-state index contributed by atoms with van der Waals surface area (Å²) in [5, 5.41) is 0. The highest BCUT2D eigenvalue weighted by Gasteiger charge is 2.22. The van der Waals surface area contributed by atoms with Gasteiger partial charge in [0.2, 0.25) is 0 Å². The summed E-state index contributed by atoms with van der Waals surface area (Å²) in [5.41, 5.74) is 0.580. The third-order valence-corrected chi connectivity index (χ3v) is 3.89. The Kier molecular flexibility index (Phi) is 8.26. The molecule has 0 radical (unpaired) electrons. The van der Waals surface area contributed by atoms with Gasteiger partial charge >= 0.3 is 5.97 Å². The Morgan fingerprint density at radius 1 is 1.17 bits per heavy atom. The van der Waals surface area contributed by atoms with Crippen molar-refractivity contribution >= 4 is 11.9 Å². The molecule has 0 N–H and O–H groups in total. The van der Waals surface area contributed by atoms with Crippen LogP contribution in [0, 0.1) is 5.92 Å². The number of amides is 1. The van der Waals surface area contributed by atoms with Crippen LogP contribution in [0.1, 0.15) is 31.1 Å². The van der Waals surface area contributed by atoms with E-state index in [1.165, 1.54) is 7.11 Å². The molecule has 1 amide bonds. The first-order chi connectivity index (χ1) is 11.0. The molecule has 0 aliphatic heterocycles. The van der Waals surface area contributed by atoms with Crippen molar-refractivity contribution in [2.75, 3.05) is 39.8 Å². The topological polar surface area (TPSA) is 62.7 Å². The zero-order valence-electron chi connectivity index (χ0n) is 14.5. The predicted octanol–water partition coefficient (Wildman–Crippen LogP) is 1.67. The molecule has 1 aromatic heterocycles. The molecule has 0 bridgehead atoms. The Morgan fingerprint density at radius 2 is 1.78 bits per heavy atom. The number of carbonyl (C=O) groups is 2. The van der Waals surface area contributed by atoms with E-state index in [4.69, 9.17) is 4.74 Å². The van der Waals surface area contributed by atoms with Crippen molar-refractivity contribution in [3.05, 3.63) is 30.1 Å². The molecule has 0 aromatic carbocycles. The molecule has 23 heavy (non-hydrogen) atoms. The lowest BCUT2D eigenvalue weighted by Gasteiger charge is -2.28. The lowest BCUT2D eigenvalue weighted by molar-refractivity contribution is -0.145. The quantitative estimate of drug-likeness (QED) is 0.648. The van der Waals surface area contributed by atoms with Gasteiger partial charge in [-0.2, -0.15) is 0 Å². The SMILES string of the molecule is CCN(CC)CCN(CC(C)C(=O)OC)C(=O)c1ccncc1. The maximum Gasteiger partial charge on any atom is 0.310 e. The van der Waals surface area contributed by atoms with Crippen molar-refractivity contribution in [1.82, 2.24) is 14.8 Å². The Labute approximate surface area is 138 Å². The molecule has 1 atom stereocenters. The minimum absolute atomic E-state index is 0.0877. The Morgan fingerprint density at radius 3 is 2.30 bits per heavy atom. The minimum Gasteiger partial charge on any atom is -0.469 e. The van der Waals surface area contributed by atoms with Gasteiger partial charge < -0.3 is 14.5 Å². The highest BCUT2D eigenvalue weighted by atomic mass is 16.5. The summed E-state index contributed by atoms with van der Waals surface area (Å²) < 4.78 is 4.77. The molecule has 0 saturated heterocycles. The molecule has 128 valence electrons. The van der Waals surface area contributed by atoms with E-state index < -0.39 is 0 Å². The van der Waals surface area contributed by atoms with Crippen LogP contribution in [0.15, 0.2) is 24.5 Å². The summed E-state index contributed by atoms with van der Waals surface area (Å²) in [6.45, 7) is 9.51. The minimum atomic E-state index is -0.359. The van der Waals surface area contributed by atoms with Gasteiger partial charge in [-0.25, -0.2) is 0 Å². The monoisotopic (exact) mass is 321 g/mol. The van der Waals surface area contributed by atoms with E-state index in [1.807, 2.05) is 0 Å². The molecule has 0 aliphatic carbocycles. The summed E-state index contributed by atoms with van der Waals surface area (Å²) >= 11 is 0. The van der Waals surface area contributed by atoms with Crippen LogP contribution in [0.4, 0.5) is 0 Å². The average Bonchev–Trinajstić information content (AvgIpc) is 2.60. The molecular formula is C17H27N3O3. The first-order valence-corrected chi connectivity index (χ1v) is 8.02. The summed E-state index contributed by atoms with van der Waals surface area (Å²) in [6.07, 6.45) is 3.19. The van der Waals surface area contributed by atoms with Gasteiger partial charge in [0.1, 0.15) is 0 Å². The van der Waals surface area contributed by atoms with Gasteiger partial charge in [-0.3, -0.25) is 14.6 Å². The number of hydrogen-bond donors (Lipinski definition) is 0. The van der Waals surface area contributed by atoms with E-state index in [-0.39, 0.29) is 17.8 Å². The number of ether oxygens (including phenoxy) is 1. The first kappa shape index (κ1) is 19.1. The second-order valence-electron chi connectivity index (χ2n) is 5.44. The number of likely N-dealkylation sites (N-methyl/N-ethyl adjacent to an activating group) is 1. The van der Waals surface area contributed by atoms with E-state index in [0.717, 1.165) is 19.6 Å². The summed E-state index contributed by atoms with van der Waals surface area (Å²) in [7, 11) is 1.36. The molecule has 1 unspecified atom stereocenters. The third kappa shape index (κ3) is 5.98. The number of hydrogen-bond acceptors (Lipinski definition) is 5. The fourth-order valence-electron chi connectivity index (χ4n) is 2.36. The predicted molar refractivity (Wildman–Crippen MR) is 89.1 cm³/mol. The molecular weight excluding hydrogens is 294 g/mol.